The fourth-order valence-electron chi connectivity index (χ4n) is 2.60. The Morgan fingerprint density at radius 1 is 1.19 bits per heavy atom. The molecule has 0 saturated heterocycles. The molecular formula is C20H20ClN3O2. The van der Waals surface area contributed by atoms with Crippen LogP contribution in [0.2, 0.25) is 5.02 Å². The molecule has 3 aromatic rings. The van der Waals surface area contributed by atoms with Crippen LogP contribution in [0.15, 0.2) is 59.1 Å². The van der Waals surface area contributed by atoms with Gasteiger partial charge in [0.05, 0.1) is 0 Å². The molecule has 26 heavy (non-hydrogen) atoms. The van der Waals surface area contributed by atoms with Gasteiger partial charge in [-0.1, -0.05) is 67.4 Å². The fourth-order valence-corrected chi connectivity index (χ4v) is 2.79. The highest BCUT2D eigenvalue weighted by Crippen LogP contribution is 2.27. The van der Waals surface area contributed by atoms with E-state index in [2.05, 4.69) is 22.4 Å². The van der Waals surface area contributed by atoms with E-state index in [1.54, 1.807) is 24.3 Å². The van der Waals surface area contributed by atoms with Gasteiger partial charge < -0.3 is 9.84 Å². The van der Waals surface area contributed by atoms with Gasteiger partial charge in [-0.25, -0.2) is 0 Å². The topological polar surface area (TPSA) is 68.0 Å². The van der Waals surface area contributed by atoms with Gasteiger partial charge in [0, 0.05) is 16.1 Å². The number of nitrogens with zero attached hydrogens (tertiary/aromatic N) is 2. The van der Waals surface area contributed by atoms with E-state index in [0.29, 0.717) is 22.3 Å². The summed E-state index contributed by atoms with van der Waals surface area (Å²) >= 11 is 6.03. The second kappa shape index (κ2) is 8.15. The number of hydrogen-bond acceptors (Lipinski definition) is 4. The summed E-state index contributed by atoms with van der Waals surface area (Å²) in [6.07, 6.45) is 0.856. The summed E-state index contributed by atoms with van der Waals surface area (Å²) in [5.74, 6) is 0.803. The third-order valence-corrected chi connectivity index (χ3v) is 4.56. The quantitative estimate of drug-likeness (QED) is 0.670. The Morgan fingerprint density at radius 3 is 2.65 bits per heavy atom. The molecule has 2 atom stereocenters. The Balaban J connectivity index is 1.86. The second-order valence-electron chi connectivity index (χ2n) is 6.17. The van der Waals surface area contributed by atoms with Crippen LogP contribution >= 0.6 is 11.6 Å². The average molecular weight is 370 g/mol. The normalized spacial score (nSPS) is 13.2. The predicted molar refractivity (Wildman–Crippen MR) is 101 cm³/mol. The maximum Gasteiger partial charge on any atom is 0.251 e. The molecule has 1 amide bonds. The van der Waals surface area contributed by atoms with Crippen molar-refractivity contribution in [3.8, 4) is 11.4 Å². The SMILES string of the molecule is CCC(C)C(NC(=O)c1ccccc1)c1nc(-c2cccc(Cl)c2)no1. The molecular weight excluding hydrogens is 350 g/mol. The number of carbonyl (C=O) groups excluding carboxylic acids is 1. The van der Waals surface area contributed by atoms with Gasteiger partial charge in [-0.2, -0.15) is 4.98 Å². The zero-order chi connectivity index (χ0) is 18.5. The van der Waals surface area contributed by atoms with E-state index in [1.807, 2.05) is 37.3 Å². The van der Waals surface area contributed by atoms with Gasteiger partial charge in [0.1, 0.15) is 6.04 Å². The first-order valence-corrected chi connectivity index (χ1v) is 8.91. The molecule has 6 heteroatoms. The monoisotopic (exact) mass is 369 g/mol. The maximum atomic E-state index is 12.6. The van der Waals surface area contributed by atoms with Gasteiger partial charge in [-0.05, 0) is 30.2 Å². The minimum atomic E-state index is -0.367. The molecule has 1 aromatic heterocycles. The average Bonchev–Trinajstić information content (AvgIpc) is 3.16. The first kappa shape index (κ1) is 18.1. The van der Waals surface area contributed by atoms with Crippen LogP contribution in [0.25, 0.3) is 11.4 Å². The molecule has 0 spiro atoms. The largest absolute Gasteiger partial charge is 0.340 e. The van der Waals surface area contributed by atoms with Gasteiger partial charge in [0.2, 0.25) is 11.7 Å². The molecule has 0 aliphatic rings. The van der Waals surface area contributed by atoms with Gasteiger partial charge in [-0.15, -0.1) is 0 Å². The summed E-state index contributed by atoms with van der Waals surface area (Å²) in [5, 5.41) is 7.67. The Bertz CT molecular complexity index is 880. The molecule has 2 unspecified atom stereocenters. The van der Waals surface area contributed by atoms with Crippen molar-refractivity contribution >= 4 is 17.5 Å². The van der Waals surface area contributed by atoms with Gasteiger partial charge in [-0.3, -0.25) is 4.79 Å². The maximum absolute atomic E-state index is 12.6. The highest BCUT2D eigenvalue weighted by Gasteiger charge is 2.26. The Morgan fingerprint density at radius 2 is 1.96 bits per heavy atom. The van der Waals surface area contributed by atoms with Crippen LogP contribution < -0.4 is 5.32 Å². The van der Waals surface area contributed by atoms with E-state index < -0.39 is 0 Å². The lowest BCUT2D eigenvalue weighted by molar-refractivity contribution is 0.0910. The zero-order valence-electron chi connectivity index (χ0n) is 14.6. The Labute approximate surface area is 157 Å². The third kappa shape index (κ3) is 4.11. The smallest absolute Gasteiger partial charge is 0.251 e. The van der Waals surface area contributed by atoms with Crippen molar-refractivity contribution in [1.82, 2.24) is 15.5 Å². The number of nitrogens with one attached hydrogen (secondary N) is 1. The number of hydrogen-bond donors (Lipinski definition) is 1. The van der Waals surface area contributed by atoms with E-state index in [4.69, 9.17) is 16.1 Å². The van der Waals surface area contributed by atoms with Crippen LogP contribution in [0, 0.1) is 5.92 Å². The molecule has 0 aliphatic carbocycles. The second-order valence-corrected chi connectivity index (χ2v) is 6.61. The minimum Gasteiger partial charge on any atom is -0.340 e. The van der Waals surface area contributed by atoms with Crippen LogP contribution in [0.3, 0.4) is 0 Å². The number of amides is 1. The van der Waals surface area contributed by atoms with Crippen molar-refractivity contribution in [1.29, 1.82) is 0 Å². The Hall–Kier alpha value is -2.66. The molecule has 0 saturated carbocycles. The lowest BCUT2D eigenvalue weighted by atomic mass is 9.98. The van der Waals surface area contributed by atoms with Gasteiger partial charge in [0.25, 0.3) is 5.91 Å². The molecule has 0 bridgehead atoms. The van der Waals surface area contributed by atoms with E-state index in [-0.39, 0.29) is 17.9 Å². The van der Waals surface area contributed by atoms with Crippen LogP contribution in [0.5, 0.6) is 0 Å². The molecule has 3 rings (SSSR count). The lowest BCUT2D eigenvalue weighted by Crippen LogP contribution is -2.32. The summed E-state index contributed by atoms with van der Waals surface area (Å²) < 4.78 is 5.46. The highest BCUT2D eigenvalue weighted by atomic mass is 35.5. The lowest BCUT2D eigenvalue weighted by Gasteiger charge is -2.20. The molecule has 0 fully saturated rings. The number of aromatic nitrogens is 2. The van der Waals surface area contributed by atoms with E-state index in [1.165, 1.54) is 0 Å². The molecule has 0 radical (unpaired) electrons. The number of carbonyl (C=O) groups is 1. The summed E-state index contributed by atoms with van der Waals surface area (Å²) in [6, 6.07) is 16.0. The summed E-state index contributed by atoms with van der Waals surface area (Å²) in [6.45, 7) is 4.10. The van der Waals surface area contributed by atoms with Crippen molar-refractivity contribution in [2.45, 2.75) is 26.3 Å². The molecule has 134 valence electrons. The van der Waals surface area contributed by atoms with Gasteiger partial charge >= 0.3 is 0 Å². The van der Waals surface area contributed by atoms with Crippen molar-refractivity contribution in [2.75, 3.05) is 0 Å². The molecule has 2 aromatic carbocycles. The third-order valence-electron chi connectivity index (χ3n) is 4.33. The zero-order valence-corrected chi connectivity index (χ0v) is 15.4. The number of rotatable bonds is 6. The number of halogens is 1. The van der Waals surface area contributed by atoms with Crippen LogP contribution in [-0.4, -0.2) is 16.0 Å². The van der Waals surface area contributed by atoms with E-state index in [0.717, 1.165) is 12.0 Å². The summed E-state index contributed by atoms with van der Waals surface area (Å²) in [4.78, 5) is 17.0. The van der Waals surface area contributed by atoms with E-state index in [9.17, 15) is 4.79 Å². The van der Waals surface area contributed by atoms with Crippen molar-refractivity contribution < 1.29 is 9.32 Å². The first-order valence-electron chi connectivity index (χ1n) is 8.54. The van der Waals surface area contributed by atoms with Crippen molar-refractivity contribution in [2.24, 2.45) is 5.92 Å². The summed E-state index contributed by atoms with van der Waals surface area (Å²) in [5.41, 5.74) is 1.36. The van der Waals surface area contributed by atoms with Crippen molar-refractivity contribution in [3.05, 3.63) is 71.1 Å². The molecule has 0 aliphatic heterocycles. The predicted octanol–water partition coefficient (Wildman–Crippen LogP) is 4.91. The minimum absolute atomic E-state index is 0.135. The molecule has 1 heterocycles. The first-order chi connectivity index (χ1) is 12.6. The van der Waals surface area contributed by atoms with E-state index >= 15 is 0 Å². The Kier molecular flexibility index (Phi) is 5.68. The standard InChI is InChI=1S/C20H20ClN3O2/c1-3-13(2)17(22-19(25)14-8-5-4-6-9-14)20-23-18(24-26-20)15-10-7-11-16(21)12-15/h4-13,17H,3H2,1-2H3,(H,22,25). The highest BCUT2D eigenvalue weighted by molar-refractivity contribution is 6.30. The van der Waals surface area contributed by atoms with Crippen LogP contribution in [0.4, 0.5) is 0 Å². The fraction of sp³-hybridized carbons (Fsp3) is 0.250. The van der Waals surface area contributed by atoms with Crippen molar-refractivity contribution in [3.63, 3.8) is 0 Å². The summed E-state index contributed by atoms with van der Waals surface area (Å²) in [7, 11) is 0. The molecule has 1 N–H and O–H groups in total. The van der Waals surface area contributed by atoms with Crippen LogP contribution in [0.1, 0.15) is 42.6 Å². The number of benzene rings is 2. The van der Waals surface area contributed by atoms with Crippen LogP contribution in [-0.2, 0) is 0 Å². The molecule has 5 nitrogen and oxygen atoms in total. The van der Waals surface area contributed by atoms with Gasteiger partial charge in [0.15, 0.2) is 0 Å².